The van der Waals surface area contributed by atoms with Gasteiger partial charge in [0.2, 0.25) is 0 Å². The van der Waals surface area contributed by atoms with E-state index in [-0.39, 0.29) is 0 Å². The second-order valence-corrected chi connectivity index (χ2v) is 7.82. The summed E-state index contributed by atoms with van der Waals surface area (Å²) in [5.74, 6) is 0.877. The second kappa shape index (κ2) is 7.06. The van der Waals surface area contributed by atoms with Crippen molar-refractivity contribution in [2.24, 2.45) is 11.3 Å². The first-order valence-electron chi connectivity index (χ1n) is 7.94. The summed E-state index contributed by atoms with van der Waals surface area (Å²) < 4.78 is 0. The molecule has 1 aliphatic carbocycles. The number of rotatable bonds is 6. The van der Waals surface area contributed by atoms with E-state index in [2.05, 4.69) is 55.7 Å². The van der Waals surface area contributed by atoms with Gasteiger partial charge >= 0.3 is 0 Å². The smallest absolute Gasteiger partial charge is 0.0410 e. The first-order valence-corrected chi connectivity index (χ1v) is 8.82. The average Bonchev–Trinajstić information content (AvgIpc) is 2.91. The Kier molecular flexibility index (Phi) is 5.65. The fraction of sp³-hybridized carbons (Fsp3) is 0.765. The molecule has 2 rings (SSSR count). The summed E-state index contributed by atoms with van der Waals surface area (Å²) in [4.78, 5) is 4.04. The largest absolute Gasteiger partial charge is 0.319 e. The SMILES string of the molecule is CNCC1(CN(C)C(C)c2cccs2)CCCC(C)C1. The maximum Gasteiger partial charge on any atom is 0.0410 e. The van der Waals surface area contributed by atoms with E-state index in [0.717, 1.165) is 12.5 Å². The van der Waals surface area contributed by atoms with E-state index in [0.29, 0.717) is 11.5 Å². The molecule has 0 aliphatic heterocycles. The molecule has 1 fully saturated rings. The lowest BCUT2D eigenvalue weighted by Crippen LogP contribution is -2.45. The fourth-order valence-corrected chi connectivity index (χ4v) is 4.76. The Balaban J connectivity index is 2.03. The molecule has 2 nitrogen and oxygen atoms in total. The zero-order valence-electron chi connectivity index (χ0n) is 13.5. The van der Waals surface area contributed by atoms with Crippen LogP contribution in [0.5, 0.6) is 0 Å². The minimum atomic E-state index is 0.465. The summed E-state index contributed by atoms with van der Waals surface area (Å²) in [6.45, 7) is 7.12. The highest BCUT2D eigenvalue weighted by Gasteiger charge is 2.36. The Labute approximate surface area is 128 Å². The Morgan fingerprint density at radius 1 is 1.55 bits per heavy atom. The highest BCUT2D eigenvalue weighted by Crippen LogP contribution is 2.40. The van der Waals surface area contributed by atoms with Crippen LogP contribution in [-0.2, 0) is 0 Å². The van der Waals surface area contributed by atoms with E-state index in [1.54, 1.807) is 0 Å². The summed E-state index contributed by atoms with van der Waals surface area (Å²) in [7, 11) is 4.39. The maximum absolute atomic E-state index is 3.45. The van der Waals surface area contributed by atoms with E-state index in [9.17, 15) is 0 Å². The summed E-state index contributed by atoms with van der Waals surface area (Å²) in [5, 5.41) is 5.64. The van der Waals surface area contributed by atoms with Crippen molar-refractivity contribution in [2.45, 2.75) is 45.6 Å². The molecule has 1 aromatic rings. The van der Waals surface area contributed by atoms with Crippen molar-refractivity contribution in [3.63, 3.8) is 0 Å². The number of nitrogens with zero attached hydrogens (tertiary/aromatic N) is 1. The minimum Gasteiger partial charge on any atom is -0.319 e. The van der Waals surface area contributed by atoms with Gasteiger partial charge in [0.05, 0.1) is 0 Å². The molecule has 0 saturated heterocycles. The zero-order chi connectivity index (χ0) is 14.6. The van der Waals surface area contributed by atoms with Crippen LogP contribution in [0.3, 0.4) is 0 Å². The van der Waals surface area contributed by atoms with Gasteiger partial charge in [0.15, 0.2) is 0 Å². The quantitative estimate of drug-likeness (QED) is 0.847. The predicted molar refractivity (Wildman–Crippen MR) is 89.4 cm³/mol. The molecule has 114 valence electrons. The summed E-state index contributed by atoms with van der Waals surface area (Å²) in [6.07, 6.45) is 5.55. The molecule has 3 unspecified atom stereocenters. The predicted octanol–water partition coefficient (Wildman–Crippen LogP) is 4.16. The van der Waals surface area contributed by atoms with Gasteiger partial charge in [0.1, 0.15) is 0 Å². The Morgan fingerprint density at radius 3 is 2.95 bits per heavy atom. The van der Waals surface area contributed by atoms with Crippen LogP contribution in [0.2, 0.25) is 0 Å². The van der Waals surface area contributed by atoms with Crippen molar-refractivity contribution in [2.75, 3.05) is 27.2 Å². The molecule has 3 atom stereocenters. The molecular weight excluding hydrogens is 264 g/mol. The highest BCUT2D eigenvalue weighted by molar-refractivity contribution is 7.10. The standard InChI is InChI=1S/C17H30N2S/c1-14-7-5-9-17(11-14,12-18-3)13-19(4)15(2)16-8-6-10-20-16/h6,8,10,14-15,18H,5,7,9,11-13H2,1-4H3. The van der Waals surface area contributed by atoms with Gasteiger partial charge in [-0.1, -0.05) is 25.8 Å². The highest BCUT2D eigenvalue weighted by atomic mass is 32.1. The monoisotopic (exact) mass is 294 g/mol. The van der Waals surface area contributed by atoms with E-state index in [1.165, 1.54) is 37.1 Å². The van der Waals surface area contributed by atoms with Crippen molar-refractivity contribution < 1.29 is 0 Å². The van der Waals surface area contributed by atoms with Crippen LogP contribution in [0.4, 0.5) is 0 Å². The van der Waals surface area contributed by atoms with Crippen LogP contribution in [0, 0.1) is 11.3 Å². The number of nitrogens with one attached hydrogen (secondary N) is 1. The Hall–Kier alpha value is -0.380. The molecule has 0 amide bonds. The number of hydrogen-bond acceptors (Lipinski definition) is 3. The Bertz CT molecular complexity index is 386. The normalized spacial score (nSPS) is 28.8. The molecule has 0 aromatic carbocycles. The van der Waals surface area contributed by atoms with Crippen LogP contribution in [-0.4, -0.2) is 32.1 Å². The minimum absolute atomic E-state index is 0.465. The van der Waals surface area contributed by atoms with Crippen molar-refractivity contribution in [1.29, 1.82) is 0 Å². The van der Waals surface area contributed by atoms with Gasteiger partial charge in [0, 0.05) is 24.0 Å². The van der Waals surface area contributed by atoms with Gasteiger partial charge in [-0.3, -0.25) is 4.90 Å². The van der Waals surface area contributed by atoms with Crippen LogP contribution < -0.4 is 5.32 Å². The molecule has 20 heavy (non-hydrogen) atoms. The summed E-state index contributed by atoms with van der Waals surface area (Å²) in [5.41, 5.74) is 0.465. The Morgan fingerprint density at radius 2 is 2.35 bits per heavy atom. The van der Waals surface area contributed by atoms with Gasteiger partial charge in [-0.2, -0.15) is 0 Å². The van der Waals surface area contributed by atoms with E-state index >= 15 is 0 Å². The van der Waals surface area contributed by atoms with Gasteiger partial charge < -0.3 is 5.32 Å². The molecule has 1 aromatic heterocycles. The third-order valence-electron chi connectivity index (χ3n) is 4.94. The lowest BCUT2D eigenvalue weighted by atomic mass is 9.69. The van der Waals surface area contributed by atoms with Gasteiger partial charge in [-0.25, -0.2) is 0 Å². The average molecular weight is 295 g/mol. The topological polar surface area (TPSA) is 15.3 Å². The van der Waals surface area contributed by atoms with Crippen molar-refractivity contribution in [3.05, 3.63) is 22.4 Å². The van der Waals surface area contributed by atoms with Crippen molar-refractivity contribution >= 4 is 11.3 Å². The molecule has 1 saturated carbocycles. The van der Waals surface area contributed by atoms with Crippen LogP contribution in [0.15, 0.2) is 17.5 Å². The third kappa shape index (κ3) is 3.84. The zero-order valence-corrected chi connectivity index (χ0v) is 14.3. The van der Waals surface area contributed by atoms with Crippen LogP contribution in [0.25, 0.3) is 0 Å². The summed E-state index contributed by atoms with van der Waals surface area (Å²) in [6, 6.07) is 4.96. The second-order valence-electron chi connectivity index (χ2n) is 6.84. The van der Waals surface area contributed by atoms with Crippen molar-refractivity contribution in [3.8, 4) is 0 Å². The van der Waals surface area contributed by atoms with Gasteiger partial charge in [0.25, 0.3) is 0 Å². The third-order valence-corrected chi connectivity index (χ3v) is 5.98. The van der Waals surface area contributed by atoms with E-state index < -0.39 is 0 Å². The molecule has 0 spiro atoms. The van der Waals surface area contributed by atoms with Crippen LogP contribution >= 0.6 is 11.3 Å². The number of thiophene rings is 1. The molecule has 0 radical (unpaired) electrons. The lowest BCUT2D eigenvalue weighted by Gasteiger charge is -2.43. The lowest BCUT2D eigenvalue weighted by molar-refractivity contribution is 0.0782. The first kappa shape index (κ1) is 16.0. The number of hydrogen-bond donors (Lipinski definition) is 1. The molecule has 3 heteroatoms. The summed E-state index contributed by atoms with van der Waals surface area (Å²) >= 11 is 1.88. The van der Waals surface area contributed by atoms with Crippen molar-refractivity contribution in [1.82, 2.24) is 10.2 Å². The van der Waals surface area contributed by atoms with E-state index in [1.807, 2.05) is 11.3 Å². The molecule has 1 heterocycles. The molecular formula is C17H30N2S. The van der Waals surface area contributed by atoms with Gasteiger partial charge in [-0.05, 0) is 56.6 Å². The molecule has 0 bridgehead atoms. The fourth-order valence-electron chi connectivity index (χ4n) is 3.92. The first-order chi connectivity index (χ1) is 9.56. The van der Waals surface area contributed by atoms with Crippen LogP contribution in [0.1, 0.15) is 50.4 Å². The van der Waals surface area contributed by atoms with Gasteiger partial charge in [-0.15, -0.1) is 11.3 Å². The molecule has 1 N–H and O–H groups in total. The van der Waals surface area contributed by atoms with E-state index in [4.69, 9.17) is 0 Å². The molecule has 1 aliphatic rings. The maximum atomic E-state index is 3.45.